The van der Waals surface area contributed by atoms with Crippen LogP contribution in [0.1, 0.15) is 18.2 Å². The maximum absolute atomic E-state index is 9.14. The molecule has 1 aromatic rings. The van der Waals surface area contributed by atoms with Crippen LogP contribution in [0.25, 0.3) is 0 Å². The summed E-state index contributed by atoms with van der Waals surface area (Å²) in [5.41, 5.74) is 2.09. The van der Waals surface area contributed by atoms with Crippen LogP contribution in [0.3, 0.4) is 0 Å². The Kier molecular flexibility index (Phi) is 2.33. The summed E-state index contributed by atoms with van der Waals surface area (Å²) in [5, 5.41) is 12.6. The summed E-state index contributed by atoms with van der Waals surface area (Å²) < 4.78 is 0. The quantitative estimate of drug-likeness (QED) is 0.713. The zero-order valence-corrected chi connectivity index (χ0v) is 9.48. The van der Waals surface area contributed by atoms with Gasteiger partial charge in [0.05, 0.1) is 12.3 Å². The lowest BCUT2D eigenvalue weighted by Crippen LogP contribution is -2.55. The van der Waals surface area contributed by atoms with Gasteiger partial charge in [-0.15, -0.1) is 0 Å². The molecule has 0 unspecified atom stereocenters. The van der Waals surface area contributed by atoms with E-state index >= 15 is 0 Å². The zero-order valence-electron chi connectivity index (χ0n) is 9.48. The van der Waals surface area contributed by atoms with Crippen LogP contribution in [0.5, 0.6) is 0 Å². The first-order valence-electron chi connectivity index (χ1n) is 5.88. The predicted molar refractivity (Wildman–Crippen MR) is 62.5 cm³/mol. The summed E-state index contributed by atoms with van der Waals surface area (Å²) >= 11 is 0. The second-order valence-electron chi connectivity index (χ2n) is 4.72. The molecular weight excluding hydrogens is 202 g/mol. The Morgan fingerprint density at radius 2 is 2.38 bits per heavy atom. The lowest BCUT2D eigenvalue weighted by atomic mass is 10.1. The number of aliphatic hydroxyl groups excluding tert-OH is 1. The van der Waals surface area contributed by atoms with Crippen LogP contribution < -0.4 is 10.2 Å². The van der Waals surface area contributed by atoms with Crippen LogP contribution in [-0.2, 0) is 13.0 Å². The monoisotopic (exact) mass is 219 g/mol. The molecule has 4 nitrogen and oxygen atoms in total. The van der Waals surface area contributed by atoms with E-state index in [2.05, 4.69) is 28.2 Å². The lowest BCUT2D eigenvalue weighted by molar-refractivity contribution is 0.277. The third-order valence-electron chi connectivity index (χ3n) is 3.56. The van der Waals surface area contributed by atoms with Crippen molar-refractivity contribution in [3.8, 4) is 0 Å². The molecule has 2 atom stereocenters. The van der Waals surface area contributed by atoms with E-state index in [0.29, 0.717) is 12.1 Å². The van der Waals surface area contributed by atoms with E-state index in [9.17, 15) is 0 Å². The number of rotatable bonds is 1. The molecule has 0 radical (unpaired) electrons. The van der Waals surface area contributed by atoms with Crippen molar-refractivity contribution < 1.29 is 5.11 Å². The van der Waals surface area contributed by atoms with Crippen molar-refractivity contribution in [3.63, 3.8) is 0 Å². The van der Waals surface area contributed by atoms with Gasteiger partial charge in [-0.3, -0.25) is 0 Å². The number of anilines is 1. The second-order valence-corrected chi connectivity index (χ2v) is 4.72. The number of hydrogen-bond donors (Lipinski definition) is 2. The molecule has 2 aliphatic heterocycles. The maximum Gasteiger partial charge on any atom is 0.132 e. The van der Waals surface area contributed by atoms with Gasteiger partial charge >= 0.3 is 0 Å². The minimum atomic E-state index is 0.0262. The third kappa shape index (κ3) is 1.41. The molecule has 0 aliphatic carbocycles. The summed E-state index contributed by atoms with van der Waals surface area (Å²) in [7, 11) is 0. The van der Waals surface area contributed by atoms with Gasteiger partial charge in [-0.05, 0) is 25.0 Å². The largest absolute Gasteiger partial charge is 0.390 e. The molecule has 2 N–H and O–H groups in total. The van der Waals surface area contributed by atoms with E-state index in [0.717, 1.165) is 31.0 Å². The number of fused-ring (bicyclic) bond motifs is 3. The van der Waals surface area contributed by atoms with Gasteiger partial charge in [-0.25, -0.2) is 4.98 Å². The molecule has 1 aromatic heterocycles. The fourth-order valence-electron chi connectivity index (χ4n) is 2.81. The second kappa shape index (κ2) is 3.71. The highest BCUT2D eigenvalue weighted by Crippen LogP contribution is 2.33. The molecule has 2 aliphatic rings. The summed E-state index contributed by atoms with van der Waals surface area (Å²) in [6.07, 6.45) is 1.07. The molecular formula is C12H17N3O. The van der Waals surface area contributed by atoms with Crippen LogP contribution in [-0.4, -0.2) is 35.3 Å². The normalized spacial score (nSPS) is 27.8. The van der Waals surface area contributed by atoms with Crippen LogP contribution >= 0.6 is 0 Å². The molecule has 1 saturated heterocycles. The van der Waals surface area contributed by atoms with Crippen LogP contribution in [0.15, 0.2) is 12.1 Å². The molecule has 0 bridgehead atoms. The standard InChI is InChI=1S/C12H17N3O/c1-8-5-13-6-11-4-9-2-3-10(7-16)14-12(9)15(8)11/h2-3,8,11,13,16H,4-7H2,1H3/t8-,11+/m1/s1. The van der Waals surface area contributed by atoms with E-state index < -0.39 is 0 Å². The summed E-state index contributed by atoms with van der Waals surface area (Å²) in [6.45, 7) is 4.30. The zero-order chi connectivity index (χ0) is 11.1. The van der Waals surface area contributed by atoms with Gasteiger partial charge in [-0.2, -0.15) is 0 Å². The molecule has 3 rings (SSSR count). The number of aromatic nitrogens is 1. The van der Waals surface area contributed by atoms with Gasteiger partial charge in [0.2, 0.25) is 0 Å². The van der Waals surface area contributed by atoms with Gasteiger partial charge in [-0.1, -0.05) is 6.07 Å². The number of pyridine rings is 1. The first-order chi connectivity index (χ1) is 7.79. The van der Waals surface area contributed by atoms with Gasteiger partial charge in [0.1, 0.15) is 5.82 Å². The molecule has 0 spiro atoms. The fourth-order valence-corrected chi connectivity index (χ4v) is 2.81. The van der Waals surface area contributed by atoms with Crippen LogP contribution in [0.2, 0.25) is 0 Å². The van der Waals surface area contributed by atoms with Crippen molar-refractivity contribution in [1.82, 2.24) is 10.3 Å². The van der Waals surface area contributed by atoms with Gasteiger partial charge in [0.25, 0.3) is 0 Å². The molecule has 3 heterocycles. The van der Waals surface area contributed by atoms with Crippen molar-refractivity contribution >= 4 is 5.82 Å². The highest BCUT2D eigenvalue weighted by atomic mass is 16.3. The van der Waals surface area contributed by atoms with Crippen molar-refractivity contribution in [2.75, 3.05) is 18.0 Å². The van der Waals surface area contributed by atoms with Crippen molar-refractivity contribution in [3.05, 3.63) is 23.4 Å². The Labute approximate surface area is 95.3 Å². The summed E-state index contributed by atoms with van der Waals surface area (Å²) in [6, 6.07) is 5.07. The number of hydrogen-bond acceptors (Lipinski definition) is 4. The SMILES string of the molecule is C[C@@H]1CNC[C@@H]2Cc3ccc(CO)nc3N21. The highest BCUT2D eigenvalue weighted by Gasteiger charge is 2.36. The highest BCUT2D eigenvalue weighted by molar-refractivity contribution is 5.56. The Morgan fingerprint density at radius 3 is 3.19 bits per heavy atom. The molecule has 0 saturated carbocycles. The Bertz CT molecular complexity index is 407. The van der Waals surface area contributed by atoms with Crippen molar-refractivity contribution in [2.24, 2.45) is 0 Å². The molecule has 16 heavy (non-hydrogen) atoms. The van der Waals surface area contributed by atoms with Crippen molar-refractivity contribution in [2.45, 2.75) is 32.0 Å². The number of piperazine rings is 1. The number of nitrogens with zero attached hydrogens (tertiary/aromatic N) is 2. The first-order valence-corrected chi connectivity index (χ1v) is 5.88. The van der Waals surface area contributed by atoms with E-state index in [1.807, 2.05) is 6.07 Å². The minimum absolute atomic E-state index is 0.0262. The third-order valence-corrected chi connectivity index (χ3v) is 3.56. The lowest BCUT2D eigenvalue weighted by Gasteiger charge is -2.37. The average molecular weight is 219 g/mol. The molecule has 0 aromatic carbocycles. The number of aliphatic hydroxyl groups is 1. The van der Waals surface area contributed by atoms with E-state index in [4.69, 9.17) is 5.11 Å². The first kappa shape index (κ1) is 10.1. The summed E-state index contributed by atoms with van der Waals surface area (Å²) in [4.78, 5) is 6.96. The van der Waals surface area contributed by atoms with E-state index in [-0.39, 0.29) is 6.61 Å². The smallest absolute Gasteiger partial charge is 0.132 e. The Morgan fingerprint density at radius 1 is 1.50 bits per heavy atom. The predicted octanol–water partition coefficient (Wildman–Crippen LogP) is 0.297. The average Bonchev–Trinajstić information content (AvgIpc) is 2.67. The molecule has 4 heteroatoms. The number of nitrogens with one attached hydrogen (secondary N) is 1. The summed E-state index contributed by atoms with van der Waals surface area (Å²) in [5.74, 6) is 1.09. The van der Waals surface area contributed by atoms with Gasteiger partial charge < -0.3 is 15.3 Å². The van der Waals surface area contributed by atoms with E-state index in [1.54, 1.807) is 0 Å². The van der Waals surface area contributed by atoms with Crippen LogP contribution in [0.4, 0.5) is 5.82 Å². The van der Waals surface area contributed by atoms with Gasteiger partial charge in [0, 0.05) is 25.2 Å². The molecule has 86 valence electrons. The topological polar surface area (TPSA) is 48.4 Å². The minimum Gasteiger partial charge on any atom is -0.390 e. The maximum atomic E-state index is 9.14. The molecule has 0 amide bonds. The van der Waals surface area contributed by atoms with Crippen LogP contribution in [0, 0.1) is 0 Å². The van der Waals surface area contributed by atoms with Crippen molar-refractivity contribution in [1.29, 1.82) is 0 Å². The van der Waals surface area contributed by atoms with E-state index in [1.165, 1.54) is 5.56 Å². The Hall–Kier alpha value is -1.13. The van der Waals surface area contributed by atoms with Gasteiger partial charge in [0.15, 0.2) is 0 Å². The Balaban J connectivity index is 2.01. The molecule has 1 fully saturated rings. The fraction of sp³-hybridized carbons (Fsp3) is 0.583.